The highest BCUT2D eigenvalue weighted by atomic mass is 16.5. The first-order chi connectivity index (χ1) is 17.6. The highest BCUT2D eigenvalue weighted by molar-refractivity contribution is 6.11. The molecule has 0 spiro atoms. The van der Waals surface area contributed by atoms with Crippen molar-refractivity contribution in [3.05, 3.63) is 52.4 Å². The average Bonchev–Trinajstić information content (AvgIpc) is 2.90. The normalized spacial score (nSPS) is 13.6. The number of anilines is 2. The van der Waals surface area contributed by atoms with Crippen LogP contribution in [-0.4, -0.2) is 55.2 Å². The molecule has 192 valence electrons. The van der Waals surface area contributed by atoms with Crippen LogP contribution in [0.5, 0.6) is 11.5 Å². The molecule has 0 radical (unpaired) electrons. The Balaban J connectivity index is 1.75. The number of aromatic nitrogens is 2. The number of nitrogens with one attached hydrogen (secondary N) is 1. The van der Waals surface area contributed by atoms with Gasteiger partial charge in [-0.1, -0.05) is 31.5 Å². The van der Waals surface area contributed by atoms with Crippen LogP contribution in [0.2, 0.25) is 0 Å². The highest BCUT2D eigenvalue weighted by Crippen LogP contribution is 2.39. The Labute approximate surface area is 210 Å². The van der Waals surface area contributed by atoms with E-state index in [0.29, 0.717) is 60.9 Å². The van der Waals surface area contributed by atoms with E-state index in [-0.39, 0.29) is 11.3 Å². The smallest absolute Gasteiger partial charge is 0.276 e. The summed E-state index contributed by atoms with van der Waals surface area (Å²) < 4.78 is 18.8. The van der Waals surface area contributed by atoms with Gasteiger partial charge in [-0.3, -0.25) is 9.59 Å². The molecule has 9 nitrogen and oxygen atoms in total. The van der Waals surface area contributed by atoms with Crippen LogP contribution in [0.1, 0.15) is 44.1 Å². The van der Waals surface area contributed by atoms with Crippen LogP contribution in [-0.2, 0) is 11.3 Å². The third kappa shape index (κ3) is 5.46. The fourth-order valence-corrected chi connectivity index (χ4v) is 4.29. The number of rotatable bonds is 10. The van der Waals surface area contributed by atoms with Gasteiger partial charge in [0.25, 0.3) is 11.5 Å². The van der Waals surface area contributed by atoms with Crippen LogP contribution in [0.15, 0.2) is 41.2 Å². The van der Waals surface area contributed by atoms with E-state index in [1.807, 2.05) is 26.8 Å². The molecule has 36 heavy (non-hydrogen) atoms. The minimum atomic E-state index is -0.418. The van der Waals surface area contributed by atoms with Gasteiger partial charge in [-0.15, -0.1) is 0 Å². The predicted octanol–water partition coefficient (Wildman–Crippen LogP) is 4.08. The Kier molecular flexibility index (Phi) is 8.43. The van der Waals surface area contributed by atoms with E-state index in [9.17, 15) is 9.59 Å². The summed E-state index contributed by atoms with van der Waals surface area (Å²) in [4.78, 5) is 28.7. The molecule has 0 bridgehead atoms. The van der Waals surface area contributed by atoms with E-state index in [1.54, 1.807) is 30.3 Å². The largest absolute Gasteiger partial charge is 0.492 e. The van der Waals surface area contributed by atoms with Gasteiger partial charge < -0.3 is 24.4 Å². The number of amides is 1. The van der Waals surface area contributed by atoms with Gasteiger partial charge in [-0.25, -0.2) is 4.68 Å². The maximum absolute atomic E-state index is 13.6. The quantitative estimate of drug-likeness (QED) is 0.454. The monoisotopic (exact) mass is 494 g/mol. The fourth-order valence-electron chi connectivity index (χ4n) is 4.29. The van der Waals surface area contributed by atoms with Crippen molar-refractivity contribution in [3.8, 4) is 11.5 Å². The van der Waals surface area contributed by atoms with E-state index in [2.05, 4.69) is 15.3 Å². The van der Waals surface area contributed by atoms with Crippen LogP contribution in [0.25, 0.3) is 10.8 Å². The molecule has 3 aromatic rings. The average molecular weight is 495 g/mol. The highest BCUT2D eigenvalue weighted by Gasteiger charge is 2.22. The summed E-state index contributed by atoms with van der Waals surface area (Å²) in [7, 11) is 0. The third-order valence-corrected chi connectivity index (χ3v) is 6.07. The second kappa shape index (κ2) is 11.9. The molecule has 9 heteroatoms. The summed E-state index contributed by atoms with van der Waals surface area (Å²) in [6.07, 6.45) is 1.71. The van der Waals surface area contributed by atoms with Crippen molar-refractivity contribution in [1.82, 2.24) is 9.78 Å². The Bertz CT molecular complexity index is 1270. The molecule has 0 saturated carbocycles. The molecule has 1 aliphatic heterocycles. The molecule has 1 saturated heterocycles. The summed E-state index contributed by atoms with van der Waals surface area (Å²) in [6, 6.07) is 10.8. The summed E-state index contributed by atoms with van der Waals surface area (Å²) >= 11 is 0. The molecule has 2 heterocycles. The number of morpholine rings is 1. The van der Waals surface area contributed by atoms with E-state index >= 15 is 0 Å². The topological polar surface area (TPSA) is 94.9 Å². The molecule has 0 aliphatic carbocycles. The summed E-state index contributed by atoms with van der Waals surface area (Å²) in [5.74, 6) is 0.780. The second-order valence-corrected chi connectivity index (χ2v) is 8.51. The zero-order valence-corrected chi connectivity index (χ0v) is 21.2. The zero-order valence-electron chi connectivity index (χ0n) is 21.2. The Hall–Kier alpha value is -3.59. The fraction of sp³-hybridized carbons (Fsp3) is 0.444. The van der Waals surface area contributed by atoms with Gasteiger partial charge in [0, 0.05) is 37.2 Å². The van der Waals surface area contributed by atoms with E-state index in [1.165, 1.54) is 4.68 Å². The van der Waals surface area contributed by atoms with Gasteiger partial charge in [-0.2, -0.15) is 5.10 Å². The number of benzene rings is 2. The molecule has 1 N–H and O–H groups in total. The first kappa shape index (κ1) is 25.5. The standard InChI is InChI=1S/C27H34N4O5/c1-4-7-12-31-27(33)20-11-9-8-10-19(20)25(29-31)26(32)28-21-17-24(36-6-3)22(18-23(21)35-5-2)30-13-15-34-16-14-30/h8-11,17-18H,4-7,12-16H2,1-3H3,(H,28,32). The lowest BCUT2D eigenvalue weighted by Gasteiger charge is -2.31. The summed E-state index contributed by atoms with van der Waals surface area (Å²) in [5.41, 5.74) is 1.39. The number of hydrogen-bond acceptors (Lipinski definition) is 7. The summed E-state index contributed by atoms with van der Waals surface area (Å²) in [5, 5.41) is 8.41. The molecule has 1 aromatic heterocycles. The van der Waals surface area contributed by atoms with Crippen LogP contribution in [0.4, 0.5) is 11.4 Å². The van der Waals surface area contributed by atoms with Crippen molar-refractivity contribution in [1.29, 1.82) is 0 Å². The summed E-state index contributed by atoms with van der Waals surface area (Å²) in [6.45, 7) is 10.00. The first-order valence-electron chi connectivity index (χ1n) is 12.6. The van der Waals surface area contributed by atoms with Crippen LogP contribution in [0, 0.1) is 0 Å². The minimum Gasteiger partial charge on any atom is -0.492 e. The molecule has 1 amide bonds. The number of fused-ring (bicyclic) bond motifs is 1. The van der Waals surface area contributed by atoms with Crippen molar-refractivity contribution in [2.45, 2.75) is 40.2 Å². The van der Waals surface area contributed by atoms with E-state index < -0.39 is 5.91 Å². The van der Waals surface area contributed by atoms with Gasteiger partial charge in [0.15, 0.2) is 5.69 Å². The predicted molar refractivity (Wildman–Crippen MR) is 141 cm³/mol. The van der Waals surface area contributed by atoms with Crippen molar-refractivity contribution in [2.75, 3.05) is 49.7 Å². The molecule has 0 atom stereocenters. The van der Waals surface area contributed by atoms with E-state index in [0.717, 1.165) is 31.6 Å². The van der Waals surface area contributed by atoms with Crippen LogP contribution < -0.4 is 25.2 Å². The van der Waals surface area contributed by atoms with Gasteiger partial charge >= 0.3 is 0 Å². The lowest BCUT2D eigenvalue weighted by atomic mass is 10.1. The van der Waals surface area contributed by atoms with Gasteiger partial charge in [-0.05, 0) is 26.3 Å². The molecule has 2 aromatic carbocycles. The molecule has 0 unspecified atom stereocenters. The number of unbranched alkanes of at least 4 members (excludes halogenated alkanes) is 1. The maximum atomic E-state index is 13.6. The first-order valence-corrected chi connectivity index (χ1v) is 12.6. The molecule has 1 fully saturated rings. The Morgan fingerprint density at radius 2 is 1.72 bits per heavy atom. The van der Waals surface area contributed by atoms with Crippen LogP contribution >= 0.6 is 0 Å². The molecule has 1 aliphatic rings. The number of carbonyl (C=O) groups is 1. The third-order valence-electron chi connectivity index (χ3n) is 6.07. The number of aryl methyl sites for hydroxylation is 1. The maximum Gasteiger partial charge on any atom is 0.276 e. The minimum absolute atomic E-state index is 0.193. The number of carbonyl (C=O) groups excluding carboxylic acids is 1. The van der Waals surface area contributed by atoms with Crippen molar-refractivity contribution < 1.29 is 19.0 Å². The number of nitrogens with zero attached hydrogens (tertiary/aromatic N) is 3. The van der Waals surface area contributed by atoms with Crippen molar-refractivity contribution in [2.24, 2.45) is 0 Å². The Morgan fingerprint density at radius 3 is 2.42 bits per heavy atom. The lowest BCUT2D eigenvalue weighted by molar-refractivity contribution is 0.102. The van der Waals surface area contributed by atoms with Crippen molar-refractivity contribution in [3.63, 3.8) is 0 Å². The molecule has 4 rings (SSSR count). The second-order valence-electron chi connectivity index (χ2n) is 8.51. The van der Waals surface area contributed by atoms with Gasteiger partial charge in [0.1, 0.15) is 11.5 Å². The van der Waals surface area contributed by atoms with Crippen LogP contribution in [0.3, 0.4) is 0 Å². The number of hydrogen-bond donors (Lipinski definition) is 1. The zero-order chi connectivity index (χ0) is 25.5. The van der Waals surface area contributed by atoms with Gasteiger partial charge in [0.05, 0.1) is 43.2 Å². The van der Waals surface area contributed by atoms with E-state index in [4.69, 9.17) is 14.2 Å². The lowest BCUT2D eigenvalue weighted by Crippen LogP contribution is -2.36. The molecular weight excluding hydrogens is 460 g/mol. The van der Waals surface area contributed by atoms with Gasteiger partial charge in [0.2, 0.25) is 0 Å². The SMILES string of the molecule is CCCCn1nc(C(=O)Nc2cc(OCC)c(N3CCOCC3)cc2OCC)c2ccccc2c1=O. The molecular formula is C27H34N4O5. The Morgan fingerprint density at radius 1 is 1.03 bits per heavy atom. The van der Waals surface area contributed by atoms with Crippen molar-refractivity contribution >= 4 is 28.1 Å². The number of ether oxygens (including phenoxy) is 3.